The summed E-state index contributed by atoms with van der Waals surface area (Å²) in [7, 11) is 0. The second-order valence-electron chi connectivity index (χ2n) is 6.66. The van der Waals surface area contributed by atoms with Crippen LogP contribution >= 0.6 is 24.0 Å². The van der Waals surface area contributed by atoms with Crippen molar-refractivity contribution in [3.05, 3.63) is 47.0 Å². The van der Waals surface area contributed by atoms with Crippen LogP contribution < -0.4 is 10.6 Å². The van der Waals surface area contributed by atoms with Gasteiger partial charge < -0.3 is 10.6 Å². The van der Waals surface area contributed by atoms with Crippen LogP contribution in [0.1, 0.15) is 48.6 Å². The minimum atomic E-state index is -4.38. The van der Waals surface area contributed by atoms with E-state index < -0.39 is 11.7 Å². The number of hydrogen-bond donors (Lipinski definition) is 2. The maximum atomic E-state index is 12.8. The highest BCUT2D eigenvalue weighted by Crippen LogP contribution is 2.29. The van der Waals surface area contributed by atoms with Gasteiger partial charge in [0.15, 0.2) is 5.96 Å². The molecule has 0 fully saturated rings. The first-order valence-corrected chi connectivity index (χ1v) is 9.49. The van der Waals surface area contributed by atoms with Crippen molar-refractivity contribution in [1.82, 2.24) is 25.4 Å². The van der Waals surface area contributed by atoms with E-state index >= 15 is 0 Å². The average Bonchev–Trinajstić information content (AvgIpc) is 3.06. The molecule has 1 aromatic carbocycles. The van der Waals surface area contributed by atoms with Crippen LogP contribution in [0.25, 0.3) is 0 Å². The summed E-state index contributed by atoms with van der Waals surface area (Å²) >= 11 is 0. The first-order chi connectivity index (χ1) is 13.9. The quantitative estimate of drug-likeness (QED) is 0.274. The molecule has 0 saturated carbocycles. The molecule has 0 amide bonds. The zero-order chi connectivity index (χ0) is 20.9. The molecule has 1 aliphatic heterocycles. The summed E-state index contributed by atoms with van der Waals surface area (Å²) in [6.45, 7) is 5.50. The van der Waals surface area contributed by atoms with E-state index in [0.717, 1.165) is 43.2 Å². The van der Waals surface area contributed by atoms with E-state index in [1.807, 2.05) is 18.5 Å². The topological polar surface area (TPSA) is 67.1 Å². The molecule has 3 rings (SSSR count). The van der Waals surface area contributed by atoms with Gasteiger partial charge in [-0.1, -0.05) is 17.9 Å². The fourth-order valence-electron chi connectivity index (χ4n) is 3.12. The van der Waals surface area contributed by atoms with Crippen LogP contribution in [0.5, 0.6) is 0 Å². The number of halogens is 4. The van der Waals surface area contributed by atoms with Crippen LogP contribution in [-0.4, -0.2) is 33.8 Å². The summed E-state index contributed by atoms with van der Waals surface area (Å²) in [5.41, 5.74) is -0.400. The number of aliphatic imine (C=N–C) groups is 1. The largest absolute Gasteiger partial charge is 0.416 e. The summed E-state index contributed by atoms with van der Waals surface area (Å²) in [5, 5.41) is 10.9. The molecule has 1 atom stereocenters. The van der Waals surface area contributed by atoms with Gasteiger partial charge in [0.05, 0.1) is 11.6 Å². The summed E-state index contributed by atoms with van der Waals surface area (Å²) in [6.07, 6.45) is -2.47. The Morgan fingerprint density at radius 2 is 2.17 bits per heavy atom. The normalized spacial score (nSPS) is 16.0. The van der Waals surface area contributed by atoms with E-state index in [9.17, 15) is 13.2 Å². The third-order valence-electron chi connectivity index (χ3n) is 4.37. The van der Waals surface area contributed by atoms with Crippen molar-refractivity contribution in [2.24, 2.45) is 4.99 Å². The van der Waals surface area contributed by atoms with Gasteiger partial charge in [-0.25, -0.2) is 14.7 Å². The van der Waals surface area contributed by atoms with E-state index in [-0.39, 0.29) is 36.6 Å². The molecule has 1 aliphatic rings. The molecule has 2 heterocycles. The highest BCUT2D eigenvalue weighted by Gasteiger charge is 2.30. The van der Waals surface area contributed by atoms with Crippen LogP contribution in [0.4, 0.5) is 13.2 Å². The molecule has 0 spiro atoms. The minimum absolute atomic E-state index is 0. The second-order valence-corrected chi connectivity index (χ2v) is 6.66. The first-order valence-electron chi connectivity index (χ1n) is 9.49. The molecule has 6 nitrogen and oxygen atoms in total. The van der Waals surface area contributed by atoms with Crippen molar-refractivity contribution in [2.45, 2.75) is 45.5 Å². The number of rotatable bonds is 3. The number of fused-ring (bicyclic) bond motifs is 1. The van der Waals surface area contributed by atoms with Crippen molar-refractivity contribution >= 4 is 29.9 Å². The summed E-state index contributed by atoms with van der Waals surface area (Å²) < 4.78 is 40.2. The number of hydrogen-bond acceptors (Lipinski definition) is 3. The smallest absolute Gasteiger partial charge is 0.357 e. The zero-order valence-corrected chi connectivity index (χ0v) is 19.1. The zero-order valence-electron chi connectivity index (χ0n) is 16.8. The number of aromatic nitrogens is 3. The molecule has 0 aliphatic carbocycles. The van der Waals surface area contributed by atoms with Gasteiger partial charge in [-0.3, -0.25) is 0 Å². The lowest BCUT2D eigenvalue weighted by atomic mass is 10.1. The molecule has 10 heteroatoms. The Bertz CT molecular complexity index is 942. The summed E-state index contributed by atoms with van der Waals surface area (Å²) in [5.74, 6) is 7.76. The standard InChI is InChI=1S/C20H23F3N6.HI/c1-3-24-19(27-17-10-6-12-29-18(17)26-14(2)28-29)25-11-5-8-15-7-4-9-16(13-15)20(21,22)23;/h4,7,9,13,17H,3,6,10-12H2,1-2H3,(H2,24,25,27);1H. The van der Waals surface area contributed by atoms with Crippen molar-refractivity contribution in [3.63, 3.8) is 0 Å². The van der Waals surface area contributed by atoms with Crippen LogP contribution in [-0.2, 0) is 12.7 Å². The van der Waals surface area contributed by atoms with Gasteiger partial charge in [0, 0.05) is 18.7 Å². The molecule has 0 saturated heterocycles. The third kappa shape index (κ3) is 6.35. The van der Waals surface area contributed by atoms with E-state index in [4.69, 9.17) is 0 Å². The fraction of sp³-hybridized carbons (Fsp3) is 0.450. The second kappa shape index (κ2) is 10.7. The van der Waals surface area contributed by atoms with Gasteiger partial charge >= 0.3 is 6.18 Å². The summed E-state index contributed by atoms with van der Waals surface area (Å²) in [4.78, 5) is 8.91. The Balaban J connectivity index is 0.00000320. The van der Waals surface area contributed by atoms with E-state index in [1.54, 1.807) is 6.07 Å². The van der Waals surface area contributed by atoms with Crippen molar-refractivity contribution in [1.29, 1.82) is 0 Å². The Labute approximate surface area is 190 Å². The maximum Gasteiger partial charge on any atom is 0.416 e. The van der Waals surface area contributed by atoms with Gasteiger partial charge in [0.2, 0.25) is 0 Å². The lowest BCUT2D eigenvalue weighted by Crippen LogP contribution is -2.41. The Morgan fingerprint density at radius 1 is 1.37 bits per heavy atom. The third-order valence-corrected chi connectivity index (χ3v) is 4.37. The Kier molecular flexibility index (Phi) is 8.52. The van der Waals surface area contributed by atoms with Crippen LogP contribution in [0.15, 0.2) is 29.3 Å². The molecule has 0 radical (unpaired) electrons. The number of aryl methyl sites for hydroxylation is 2. The number of guanidine groups is 1. The van der Waals surface area contributed by atoms with Crippen LogP contribution in [0, 0.1) is 18.8 Å². The predicted octanol–water partition coefficient (Wildman–Crippen LogP) is 3.67. The molecule has 1 unspecified atom stereocenters. The Hall–Kier alpha value is -2.29. The number of nitrogens with one attached hydrogen (secondary N) is 2. The van der Waals surface area contributed by atoms with Gasteiger partial charge in [0.25, 0.3) is 0 Å². The molecule has 2 aromatic rings. The van der Waals surface area contributed by atoms with Gasteiger partial charge in [-0.05, 0) is 44.9 Å². The SMILES string of the molecule is CCNC(=NCC#Cc1cccc(C(F)(F)F)c1)NC1CCCn2nc(C)nc21.I. The van der Waals surface area contributed by atoms with Crippen molar-refractivity contribution in [3.8, 4) is 11.8 Å². The fourth-order valence-corrected chi connectivity index (χ4v) is 3.12. The molecular formula is C20H24F3IN6. The molecule has 162 valence electrons. The van der Waals surface area contributed by atoms with E-state index in [1.165, 1.54) is 6.07 Å². The van der Waals surface area contributed by atoms with Crippen LogP contribution in [0.2, 0.25) is 0 Å². The van der Waals surface area contributed by atoms with E-state index in [0.29, 0.717) is 18.1 Å². The van der Waals surface area contributed by atoms with Gasteiger partial charge in [-0.15, -0.1) is 24.0 Å². The molecule has 1 aromatic heterocycles. The van der Waals surface area contributed by atoms with Crippen molar-refractivity contribution in [2.75, 3.05) is 13.1 Å². The number of benzene rings is 1. The number of alkyl halides is 3. The highest BCUT2D eigenvalue weighted by atomic mass is 127. The minimum Gasteiger partial charge on any atom is -0.357 e. The molecule has 0 bridgehead atoms. The lowest BCUT2D eigenvalue weighted by molar-refractivity contribution is -0.137. The maximum absolute atomic E-state index is 12.8. The van der Waals surface area contributed by atoms with Crippen LogP contribution in [0.3, 0.4) is 0 Å². The average molecular weight is 532 g/mol. The molecule has 2 N–H and O–H groups in total. The first kappa shape index (κ1) is 24.0. The van der Waals surface area contributed by atoms with Crippen molar-refractivity contribution < 1.29 is 13.2 Å². The Morgan fingerprint density at radius 3 is 2.90 bits per heavy atom. The lowest BCUT2D eigenvalue weighted by Gasteiger charge is -2.24. The van der Waals surface area contributed by atoms with Gasteiger partial charge in [0.1, 0.15) is 18.2 Å². The monoisotopic (exact) mass is 532 g/mol. The highest BCUT2D eigenvalue weighted by molar-refractivity contribution is 14.0. The van der Waals surface area contributed by atoms with Gasteiger partial charge in [-0.2, -0.15) is 18.3 Å². The summed E-state index contributed by atoms with van der Waals surface area (Å²) in [6, 6.07) is 4.97. The molecular weight excluding hydrogens is 508 g/mol. The van der Waals surface area contributed by atoms with E-state index in [2.05, 4.69) is 37.5 Å². The molecule has 30 heavy (non-hydrogen) atoms. The predicted molar refractivity (Wildman–Crippen MR) is 120 cm³/mol. The number of nitrogens with zero attached hydrogens (tertiary/aromatic N) is 4.